The fourth-order valence-electron chi connectivity index (χ4n) is 2.46. The molecule has 1 aliphatic carbocycles. The van der Waals surface area contributed by atoms with Gasteiger partial charge < -0.3 is 5.11 Å². The monoisotopic (exact) mass is 168 g/mol. The van der Waals surface area contributed by atoms with Gasteiger partial charge in [0.05, 0.1) is 5.60 Å². The lowest BCUT2D eigenvalue weighted by molar-refractivity contribution is -0.0276. The molecule has 0 aliphatic heterocycles. The van der Waals surface area contributed by atoms with Crippen molar-refractivity contribution in [3.05, 3.63) is 12.7 Å². The maximum Gasteiger partial charge on any atom is 0.0880 e. The van der Waals surface area contributed by atoms with E-state index in [0.29, 0.717) is 5.92 Å². The Hall–Kier alpha value is -0.300. The van der Waals surface area contributed by atoms with Crippen LogP contribution >= 0.6 is 0 Å². The molecule has 1 saturated carbocycles. The summed E-state index contributed by atoms with van der Waals surface area (Å²) >= 11 is 0. The molecule has 1 fully saturated rings. The largest absolute Gasteiger partial charge is 0.385 e. The Morgan fingerprint density at radius 3 is 2.58 bits per heavy atom. The van der Waals surface area contributed by atoms with Crippen molar-refractivity contribution in [2.24, 2.45) is 11.3 Å². The van der Waals surface area contributed by atoms with E-state index in [-0.39, 0.29) is 5.41 Å². The van der Waals surface area contributed by atoms with Crippen LogP contribution < -0.4 is 0 Å². The van der Waals surface area contributed by atoms with E-state index >= 15 is 0 Å². The zero-order valence-corrected chi connectivity index (χ0v) is 8.43. The van der Waals surface area contributed by atoms with Crippen LogP contribution in [0.15, 0.2) is 12.7 Å². The first-order valence-corrected chi connectivity index (χ1v) is 4.86. The second-order valence-electron chi connectivity index (χ2n) is 4.34. The van der Waals surface area contributed by atoms with Gasteiger partial charge in [-0.3, -0.25) is 0 Å². The summed E-state index contributed by atoms with van der Waals surface area (Å²) in [6.07, 6.45) is 4.76. The first-order valence-electron chi connectivity index (χ1n) is 4.86. The van der Waals surface area contributed by atoms with Crippen LogP contribution in [0.3, 0.4) is 0 Å². The summed E-state index contributed by atoms with van der Waals surface area (Å²) < 4.78 is 0. The Balaban J connectivity index is 2.98. The molecule has 0 saturated heterocycles. The molecule has 1 nitrogen and oxygen atoms in total. The lowest BCUT2D eigenvalue weighted by Crippen LogP contribution is -2.42. The minimum atomic E-state index is -0.624. The van der Waals surface area contributed by atoms with Crippen LogP contribution in [0, 0.1) is 11.3 Å². The van der Waals surface area contributed by atoms with E-state index in [0.717, 1.165) is 19.3 Å². The number of hydrogen-bond acceptors (Lipinski definition) is 1. The second kappa shape index (κ2) is 2.88. The molecule has 0 aromatic carbocycles. The Bertz CT molecular complexity index is 187. The van der Waals surface area contributed by atoms with Crippen LogP contribution in [0.1, 0.15) is 40.0 Å². The van der Waals surface area contributed by atoms with Crippen molar-refractivity contribution in [2.75, 3.05) is 0 Å². The normalized spacial score (nSPS) is 47.8. The van der Waals surface area contributed by atoms with Crippen molar-refractivity contribution in [2.45, 2.75) is 45.6 Å². The summed E-state index contributed by atoms with van der Waals surface area (Å²) in [5.41, 5.74) is -0.587. The SMILES string of the molecule is C=CC1(O)CCC(C)C1(C)CC. The summed E-state index contributed by atoms with van der Waals surface area (Å²) in [4.78, 5) is 0. The lowest BCUT2D eigenvalue weighted by Gasteiger charge is -2.39. The quantitative estimate of drug-likeness (QED) is 0.629. The van der Waals surface area contributed by atoms with Gasteiger partial charge in [0.1, 0.15) is 0 Å². The molecule has 0 heterocycles. The fraction of sp³-hybridized carbons (Fsp3) is 0.818. The third-order valence-corrected chi connectivity index (χ3v) is 4.11. The lowest BCUT2D eigenvalue weighted by atomic mass is 9.69. The van der Waals surface area contributed by atoms with Crippen molar-refractivity contribution < 1.29 is 5.11 Å². The van der Waals surface area contributed by atoms with Crippen LogP contribution in [-0.2, 0) is 0 Å². The average Bonchev–Trinajstić information content (AvgIpc) is 2.31. The van der Waals surface area contributed by atoms with Gasteiger partial charge in [-0.2, -0.15) is 0 Å². The van der Waals surface area contributed by atoms with Crippen LogP contribution in [0.25, 0.3) is 0 Å². The summed E-state index contributed by atoms with van der Waals surface area (Å²) in [7, 11) is 0. The number of rotatable bonds is 2. The zero-order chi connectivity index (χ0) is 9.41. The second-order valence-corrected chi connectivity index (χ2v) is 4.34. The first-order chi connectivity index (χ1) is 5.50. The van der Waals surface area contributed by atoms with Crippen molar-refractivity contribution in [3.63, 3.8) is 0 Å². The Morgan fingerprint density at radius 1 is 1.67 bits per heavy atom. The van der Waals surface area contributed by atoms with Gasteiger partial charge in [-0.15, -0.1) is 6.58 Å². The van der Waals surface area contributed by atoms with E-state index < -0.39 is 5.60 Å². The van der Waals surface area contributed by atoms with Gasteiger partial charge in [0, 0.05) is 5.41 Å². The van der Waals surface area contributed by atoms with Crippen molar-refractivity contribution in [3.8, 4) is 0 Å². The van der Waals surface area contributed by atoms with E-state index in [9.17, 15) is 5.11 Å². The van der Waals surface area contributed by atoms with Gasteiger partial charge in [0.2, 0.25) is 0 Å². The zero-order valence-electron chi connectivity index (χ0n) is 8.43. The van der Waals surface area contributed by atoms with Crippen molar-refractivity contribution in [1.29, 1.82) is 0 Å². The van der Waals surface area contributed by atoms with Crippen LogP contribution in [0.4, 0.5) is 0 Å². The highest BCUT2D eigenvalue weighted by Gasteiger charge is 2.51. The first kappa shape index (κ1) is 9.79. The maximum atomic E-state index is 10.3. The summed E-state index contributed by atoms with van der Waals surface area (Å²) in [5, 5.41) is 10.3. The highest BCUT2D eigenvalue weighted by atomic mass is 16.3. The van der Waals surface area contributed by atoms with Gasteiger partial charge in [0.15, 0.2) is 0 Å². The molecule has 3 unspecified atom stereocenters. The minimum absolute atomic E-state index is 0.0365. The average molecular weight is 168 g/mol. The molecule has 0 bridgehead atoms. The van der Waals surface area contributed by atoms with E-state index in [4.69, 9.17) is 0 Å². The number of aliphatic hydroxyl groups is 1. The molecule has 1 heteroatoms. The molecular formula is C11H20O. The molecule has 0 spiro atoms. The highest BCUT2D eigenvalue weighted by molar-refractivity contribution is 5.12. The van der Waals surface area contributed by atoms with E-state index in [1.54, 1.807) is 6.08 Å². The van der Waals surface area contributed by atoms with E-state index in [2.05, 4.69) is 27.4 Å². The van der Waals surface area contributed by atoms with Crippen LogP contribution in [-0.4, -0.2) is 10.7 Å². The highest BCUT2D eigenvalue weighted by Crippen LogP contribution is 2.52. The molecule has 12 heavy (non-hydrogen) atoms. The maximum absolute atomic E-state index is 10.3. The Kier molecular flexibility index (Phi) is 2.35. The molecule has 3 atom stereocenters. The van der Waals surface area contributed by atoms with Crippen LogP contribution in [0.5, 0.6) is 0 Å². The smallest absolute Gasteiger partial charge is 0.0880 e. The summed E-state index contributed by atoms with van der Waals surface area (Å²) in [6.45, 7) is 10.3. The van der Waals surface area contributed by atoms with Gasteiger partial charge in [0.25, 0.3) is 0 Å². The predicted octanol–water partition coefficient (Wildman–Crippen LogP) is 2.75. The molecule has 0 amide bonds. The fourth-order valence-corrected chi connectivity index (χ4v) is 2.46. The van der Waals surface area contributed by atoms with Gasteiger partial charge in [-0.1, -0.05) is 26.8 Å². The molecular weight excluding hydrogens is 148 g/mol. The van der Waals surface area contributed by atoms with Crippen LogP contribution in [0.2, 0.25) is 0 Å². The molecule has 1 N–H and O–H groups in total. The third kappa shape index (κ3) is 1.03. The van der Waals surface area contributed by atoms with E-state index in [1.165, 1.54) is 0 Å². The molecule has 0 aromatic heterocycles. The summed E-state index contributed by atoms with van der Waals surface area (Å²) in [6, 6.07) is 0. The van der Waals surface area contributed by atoms with E-state index in [1.807, 2.05) is 0 Å². The predicted molar refractivity (Wildman–Crippen MR) is 51.9 cm³/mol. The topological polar surface area (TPSA) is 20.2 Å². The number of hydrogen-bond donors (Lipinski definition) is 1. The van der Waals surface area contributed by atoms with Gasteiger partial charge in [-0.05, 0) is 25.2 Å². The standard InChI is InChI=1S/C11H20O/c1-5-10(4)9(3)7-8-11(10,12)6-2/h6,9,12H,2,5,7-8H2,1,3-4H3. The molecule has 0 aromatic rings. The Labute approximate surface area is 75.5 Å². The minimum Gasteiger partial charge on any atom is -0.385 e. The summed E-state index contributed by atoms with van der Waals surface area (Å²) in [5.74, 6) is 0.602. The van der Waals surface area contributed by atoms with Crippen molar-refractivity contribution >= 4 is 0 Å². The molecule has 1 rings (SSSR count). The van der Waals surface area contributed by atoms with Gasteiger partial charge >= 0.3 is 0 Å². The Morgan fingerprint density at radius 2 is 2.25 bits per heavy atom. The van der Waals surface area contributed by atoms with Gasteiger partial charge in [-0.25, -0.2) is 0 Å². The molecule has 0 radical (unpaired) electrons. The molecule has 70 valence electrons. The van der Waals surface area contributed by atoms with Crippen molar-refractivity contribution in [1.82, 2.24) is 0 Å². The molecule has 1 aliphatic rings. The third-order valence-electron chi connectivity index (χ3n) is 4.11.